The zero-order valence-corrected chi connectivity index (χ0v) is 16.7. The molecule has 0 radical (unpaired) electrons. The Hall–Kier alpha value is -1.53. The highest BCUT2D eigenvalue weighted by molar-refractivity contribution is 7.99. The van der Waals surface area contributed by atoms with Crippen LogP contribution < -0.4 is 10.9 Å². The number of thioether (sulfide) groups is 1. The number of nitrogens with zero attached hydrogens (tertiary/aromatic N) is 1. The highest BCUT2D eigenvalue weighted by Crippen LogP contribution is 2.28. The van der Waals surface area contributed by atoms with Crippen LogP contribution in [-0.4, -0.2) is 35.0 Å². The van der Waals surface area contributed by atoms with Gasteiger partial charge in [-0.15, -0.1) is 0 Å². The maximum absolute atomic E-state index is 12.4. The molecule has 4 rings (SSSR count). The Labute approximate surface area is 164 Å². The number of aromatic amines is 1. The van der Waals surface area contributed by atoms with Gasteiger partial charge in [-0.25, -0.2) is 4.98 Å². The van der Waals surface area contributed by atoms with Crippen LogP contribution in [0.2, 0.25) is 0 Å². The van der Waals surface area contributed by atoms with Gasteiger partial charge in [-0.1, -0.05) is 25.7 Å². The summed E-state index contributed by atoms with van der Waals surface area (Å²) >= 11 is 1.87. The molecule has 146 valence electrons. The van der Waals surface area contributed by atoms with Crippen LogP contribution in [0.15, 0.2) is 23.0 Å². The van der Waals surface area contributed by atoms with Gasteiger partial charge < -0.3 is 15.0 Å². The predicted molar refractivity (Wildman–Crippen MR) is 113 cm³/mol. The fraction of sp³-hybridized carbons (Fsp3) is 0.619. The summed E-state index contributed by atoms with van der Waals surface area (Å²) in [5.74, 6) is 2.40. The molecule has 6 heteroatoms. The van der Waals surface area contributed by atoms with Crippen molar-refractivity contribution in [1.82, 2.24) is 9.97 Å². The van der Waals surface area contributed by atoms with E-state index in [1.807, 2.05) is 30.0 Å². The second-order valence-corrected chi connectivity index (χ2v) is 9.02. The minimum Gasteiger partial charge on any atom is -0.385 e. The van der Waals surface area contributed by atoms with E-state index in [2.05, 4.69) is 10.3 Å². The van der Waals surface area contributed by atoms with E-state index < -0.39 is 0 Å². The average molecular weight is 388 g/mol. The number of rotatable bonds is 7. The molecule has 1 saturated carbocycles. The summed E-state index contributed by atoms with van der Waals surface area (Å²) in [5.41, 5.74) is 1.80. The molecule has 1 aromatic heterocycles. The summed E-state index contributed by atoms with van der Waals surface area (Å²) < 4.78 is 5.41. The van der Waals surface area contributed by atoms with Gasteiger partial charge >= 0.3 is 0 Å². The van der Waals surface area contributed by atoms with Gasteiger partial charge in [-0.05, 0) is 43.4 Å². The lowest BCUT2D eigenvalue weighted by atomic mass is 10.0. The van der Waals surface area contributed by atoms with Gasteiger partial charge in [0.15, 0.2) is 0 Å². The van der Waals surface area contributed by atoms with Crippen molar-refractivity contribution in [2.75, 3.05) is 25.1 Å². The number of hydrogen-bond donors (Lipinski definition) is 2. The van der Waals surface area contributed by atoms with Crippen LogP contribution in [0.4, 0.5) is 5.69 Å². The minimum atomic E-state index is -0.0416. The number of hydrogen-bond acceptors (Lipinski definition) is 5. The van der Waals surface area contributed by atoms with Gasteiger partial charge in [0.25, 0.3) is 5.56 Å². The fourth-order valence-electron chi connectivity index (χ4n) is 4.13. The highest BCUT2D eigenvalue weighted by atomic mass is 32.2. The van der Waals surface area contributed by atoms with Gasteiger partial charge in [0.2, 0.25) is 0 Å². The van der Waals surface area contributed by atoms with Crippen LogP contribution in [0.1, 0.15) is 50.8 Å². The zero-order valence-electron chi connectivity index (χ0n) is 15.8. The molecule has 1 aromatic carbocycles. The van der Waals surface area contributed by atoms with E-state index >= 15 is 0 Å². The maximum atomic E-state index is 12.4. The molecule has 2 N–H and O–H groups in total. The standard InChI is InChI=1S/C21H29N3O2S/c25-21-18-6-5-16(22-10-7-15-3-1-2-4-15)13-19(18)23-20(24-21)14-27-17-8-11-26-12-9-17/h5-6,13,15,17,22H,1-4,7-12,14H2,(H,23,24,25). The Kier molecular flexibility index (Phi) is 6.35. The van der Waals surface area contributed by atoms with Crippen molar-refractivity contribution in [1.29, 1.82) is 0 Å². The number of ether oxygens (including phenoxy) is 1. The van der Waals surface area contributed by atoms with E-state index in [1.54, 1.807) is 0 Å². The van der Waals surface area contributed by atoms with Gasteiger partial charge in [0.05, 0.1) is 16.7 Å². The van der Waals surface area contributed by atoms with Crippen LogP contribution >= 0.6 is 11.8 Å². The van der Waals surface area contributed by atoms with E-state index in [0.717, 1.165) is 61.3 Å². The molecule has 2 aliphatic rings. The van der Waals surface area contributed by atoms with Crippen LogP contribution in [0.25, 0.3) is 10.9 Å². The van der Waals surface area contributed by atoms with E-state index in [9.17, 15) is 4.79 Å². The number of nitrogens with one attached hydrogen (secondary N) is 2. The Morgan fingerprint density at radius 2 is 2.00 bits per heavy atom. The largest absolute Gasteiger partial charge is 0.385 e. The first-order valence-corrected chi connectivity index (χ1v) is 11.3. The summed E-state index contributed by atoms with van der Waals surface area (Å²) in [6.07, 6.45) is 8.93. The lowest BCUT2D eigenvalue weighted by Crippen LogP contribution is -2.18. The van der Waals surface area contributed by atoms with Crippen LogP contribution in [0, 0.1) is 5.92 Å². The molecule has 2 heterocycles. The molecular weight excluding hydrogens is 358 g/mol. The molecule has 0 amide bonds. The lowest BCUT2D eigenvalue weighted by Gasteiger charge is -2.21. The van der Waals surface area contributed by atoms with E-state index in [4.69, 9.17) is 9.72 Å². The summed E-state index contributed by atoms with van der Waals surface area (Å²) in [6.45, 7) is 2.68. The van der Waals surface area contributed by atoms with Crippen LogP contribution in [0.5, 0.6) is 0 Å². The Balaban J connectivity index is 1.40. The molecule has 0 spiro atoms. The van der Waals surface area contributed by atoms with Gasteiger partial charge in [0, 0.05) is 30.7 Å². The van der Waals surface area contributed by atoms with Gasteiger partial charge in [-0.3, -0.25) is 4.79 Å². The molecule has 5 nitrogen and oxygen atoms in total. The molecule has 0 bridgehead atoms. The van der Waals surface area contributed by atoms with E-state index in [-0.39, 0.29) is 5.56 Å². The SMILES string of the molecule is O=c1[nH]c(CSC2CCOCC2)nc2cc(NCCC3CCCC3)ccc12. The topological polar surface area (TPSA) is 67.0 Å². The van der Waals surface area contributed by atoms with Crippen molar-refractivity contribution < 1.29 is 4.74 Å². The van der Waals surface area contributed by atoms with Gasteiger partial charge in [0.1, 0.15) is 5.82 Å². The Bertz CT molecular complexity index is 811. The molecule has 1 aliphatic heterocycles. The van der Waals surface area contributed by atoms with E-state index in [1.165, 1.54) is 32.1 Å². The van der Waals surface area contributed by atoms with Crippen molar-refractivity contribution in [3.63, 3.8) is 0 Å². The normalized spacial score (nSPS) is 19.0. The van der Waals surface area contributed by atoms with E-state index in [0.29, 0.717) is 10.6 Å². The third-order valence-electron chi connectivity index (χ3n) is 5.74. The predicted octanol–water partition coefficient (Wildman–Crippen LogP) is 4.33. The first-order chi connectivity index (χ1) is 13.3. The third-order valence-corrected chi connectivity index (χ3v) is 7.12. The monoisotopic (exact) mass is 387 g/mol. The Morgan fingerprint density at radius 3 is 2.81 bits per heavy atom. The number of fused-ring (bicyclic) bond motifs is 1. The van der Waals surface area contributed by atoms with Crippen molar-refractivity contribution in [3.8, 4) is 0 Å². The number of aromatic nitrogens is 2. The number of benzene rings is 1. The molecule has 2 fully saturated rings. The van der Waals surface area contributed by atoms with Crippen molar-refractivity contribution in [3.05, 3.63) is 34.4 Å². The average Bonchev–Trinajstić information content (AvgIpc) is 3.20. The van der Waals surface area contributed by atoms with Crippen molar-refractivity contribution >= 4 is 28.4 Å². The van der Waals surface area contributed by atoms with Gasteiger partial charge in [-0.2, -0.15) is 11.8 Å². The number of anilines is 1. The smallest absolute Gasteiger partial charge is 0.258 e. The molecule has 2 aromatic rings. The molecule has 0 unspecified atom stereocenters. The quantitative estimate of drug-likeness (QED) is 0.740. The summed E-state index contributed by atoms with van der Waals surface area (Å²) in [5, 5.41) is 4.78. The maximum Gasteiger partial charge on any atom is 0.258 e. The van der Waals surface area contributed by atoms with Crippen LogP contribution in [0.3, 0.4) is 0 Å². The summed E-state index contributed by atoms with van der Waals surface area (Å²) in [4.78, 5) is 20.1. The van der Waals surface area contributed by atoms with Crippen LogP contribution in [-0.2, 0) is 10.5 Å². The fourth-order valence-corrected chi connectivity index (χ4v) is 5.18. The molecular formula is C21H29N3O2S. The first-order valence-electron chi connectivity index (χ1n) is 10.2. The first kappa shape index (κ1) is 18.8. The van der Waals surface area contributed by atoms with Crippen molar-refractivity contribution in [2.45, 2.75) is 55.9 Å². The molecule has 27 heavy (non-hydrogen) atoms. The highest BCUT2D eigenvalue weighted by Gasteiger charge is 2.16. The molecule has 1 aliphatic carbocycles. The Morgan fingerprint density at radius 1 is 1.19 bits per heavy atom. The van der Waals surface area contributed by atoms with Crippen molar-refractivity contribution in [2.24, 2.45) is 5.92 Å². The minimum absolute atomic E-state index is 0.0416. The lowest BCUT2D eigenvalue weighted by molar-refractivity contribution is 0.1000. The second-order valence-electron chi connectivity index (χ2n) is 7.73. The summed E-state index contributed by atoms with van der Waals surface area (Å²) in [6, 6.07) is 5.89. The zero-order chi connectivity index (χ0) is 18.5. The number of H-pyrrole nitrogens is 1. The molecule has 1 saturated heterocycles. The second kappa shape index (κ2) is 9.11. The summed E-state index contributed by atoms with van der Waals surface area (Å²) in [7, 11) is 0. The third kappa shape index (κ3) is 5.05. The molecule has 0 atom stereocenters.